The van der Waals surface area contributed by atoms with Crippen molar-refractivity contribution in [2.24, 2.45) is 0 Å². The predicted octanol–water partition coefficient (Wildman–Crippen LogP) is 4.49. The van der Waals surface area contributed by atoms with Crippen LogP contribution in [0, 0.1) is 0 Å². The molecule has 1 aliphatic carbocycles. The van der Waals surface area contributed by atoms with Crippen molar-refractivity contribution < 1.29 is 9.26 Å². The summed E-state index contributed by atoms with van der Waals surface area (Å²) in [6.45, 7) is 4.78. The zero-order chi connectivity index (χ0) is 17.3. The average molecular weight is 362 g/mol. The van der Waals surface area contributed by atoms with Gasteiger partial charge in [-0.3, -0.25) is 4.90 Å². The van der Waals surface area contributed by atoms with E-state index >= 15 is 0 Å². The predicted molar refractivity (Wildman–Crippen MR) is 96.5 cm³/mol. The molecule has 1 unspecified atom stereocenters. The zero-order valence-corrected chi connectivity index (χ0v) is 15.3. The topological polar surface area (TPSA) is 51.4 Å². The molecule has 1 aromatic carbocycles. The van der Waals surface area contributed by atoms with Crippen LogP contribution in [0.15, 0.2) is 28.8 Å². The molecule has 5 nitrogen and oxygen atoms in total. The first-order valence-corrected chi connectivity index (χ1v) is 9.51. The van der Waals surface area contributed by atoms with Gasteiger partial charge in [-0.25, -0.2) is 0 Å². The fraction of sp³-hybridized carbons (Fsp3) is 0.579. The third kappa shape index (κ3) is 3.59. The third-order valence-electron chi connectivity index (χ3n) is 5.49. The SMILES string of the molecule is CC(c1nc(-c2ccc(Cl)cc2)no1)N1CCOC2(CCCCC2)C1. The first kappa shape index (κ1) is 17.0. The van der Waals surface area contributed by atoms with E-state index in [1.165, 1.54) is 19.3 Å². The van der Waals surface area contributed by atoms with Crippen LogP contribution in [-0.2, 0) is 4.74 Å². The van der Waals surface area contributed by atoms with Crippen LogP contribution < -0.4 is 0 Å². The van der Waals surface area contributed by atoms with Gasteiger partial charge in [0.25, 0.3) is 0 Å². The second kappa shape index (κ2) is 7.06. The molecule has 2 fully saturated rings. The van der Waals surface area contributed by atoms with Crippen molar-refractivity contribution in [3.63, 3.8) is 0 Å². The summed E-state index contributed by atoms with van der Waals surface area (Å²) < 4.78 is 11.8. The molecule has 6 heteroatoms. The number of ether oxygens (including phenoxy) is 1. The summed E-state index contributed by atoms with van der Waals surface area (Å²) in [5.41, 5.74) is 0.946. The lowest BCUT2D eigenvalue weighted by Gasteiger charge is -2.46. The van der Waals surface area contributed by atoms with Crippen molar-refractivity contribution in [1.29, 1.82) is 0 Å². The molecule has 134 valence electrons. The number of hydrogen-bond acceptors (Lipinski definition) is 5. The summed E-state index contributed by atoms with van der Waals surface area (Å²) in [4.78, 5) is 7.04. The fourth-order valence-electron chi connectivity index (χ4n) is 3.98. The molecule has 2 heterocycles. The Balaban J connectivity index is 1.49. The van der Waals surface area contributed by atoms with Crippen LogP contribution in [0.2, 0.25) is 5.02 Å². The van der Waals surface area contributed by atoms with Crippen molar-refractivity contribution >= 4 is 11.6 Å². The van der Waals surface area contributed by atoms with Crippen LogP contribution in [0.1, 0.15) is 51.0 Å². The molecule has 0 N–H and O–H groups in total. The van der Waals surface area contributed by atoms with Gasteiger partial charge in [-0.05, 0) is 44.0 Å². The quantitative estimate of drug-likeness (QED) is 0.806. The van der Waals surface area contributed by atoms with Crippen molar-refractivity contribution in [3.8, 4) is 11.4 Å². The number of halogens is 1. The molecule has 25 heavy (non-hydrogen) atoms. The highest BCUT2D eigenvalue weighted by molar-refractivity contribution is 6.30. The summed E-state index contributed by atoms with van der Waals surface area (Å²) in [5, 5.41) is 4.85. The van der Waals surface area contributed by atoms with Gasteiger partial charge >= 0.3 is 0 Å². The van der Waals surface area contributed by atoms with Crippen LogP contribution in [0.5, 0.6) is 0 Å². The highest BCUT2D eigenvalue weighted by Gasteiger charge is 2.40. The Kier molecular flexibility index (Phi) is 4.80. The normalized spacial score (nSPS) is 22.2. The van der Waals surface area contributed by atoms with E-state index in [4.69, 9.17) is 20.9 Å². The Bertz CT molecular complexity index is 704. The molecule has 0 bridgehead atoms. The van der Waals surface area contributed by atoms with Gasteiger partial charge in [-0.1, -0.05) is 36.0 Å². The molecule has 2 aliphatic rings. The van der Waals surface area contributed by atoms with E-state index in [1.54, 1.807) is 0 Å². The maximum Gasteiger partial charge on any atom is 0.244 e. The maximum atomic E-state index is 6.19. The smallest absolute Gasteiger partial charge is 0.244 e. The van der Waals surface area contributed by atoms with Crippen LogP contribution in [0.4, 0.5) is 0 Å². The molecule has 0 radical (unpaired) electrons. The summed E-state index contributed by atoms with van der Waals surface area (Å²) in [6.07, 6.45) is 6.19. The molecule has 1 spiro atoms. The van der Waals surface area contributed by atoms with Gasteiger partial charge in [-0.2, -0.15) is 4.98 Å². The van der Waals surface area contributed by atoms with E-state index in [1.807, 2.05) is 24.3 Å². The number of rotatable bonds is 3. The number of morpholine rings is 1. The average Bonchev–Trinajstić information content (AvgIpc) is 3.12. The molecule has 0 amide bonds. The van der Waals surface area contributed by atoms with E-state index in [9.17, 15) is 0 Å². The summed E-state index contributed by atoms with van der Waals surface area (Å²) in [6, 6.07) is 7.59. The number of nitrogens with zero attached hydrogens (tertiary/aromatic N) is 3. The Morgan fingerprint density at radius 2 is 1.92 bits per heavy atom. The molecule has 1 aliphatic heterocycles. The van der Waals surface area contributed by atoms with E-state index in [-0.39, 0.29) is 11.6 Å². The van der Waals surface area contributed by atoms with E-state index < -0.39 is 0 Å². The lowest BCUT2D eigenvalue weighted by Crippen LogP contribution is -2.53. The Hall–Kier alpha value is -1.43. The third-order valence-corrected chi connectivity index (χ3v) is 5.74. The van der Waals surface area contributed by atoms with Crippen molar-refractivity contribution in [1.82, 2.24) is 15.0 Å². The van der Waals surface area contributed by atoms with Crippen molar-refractivity contribution in [3.05, 3.63) is 35.2 Å². The number of hydrogen-bond donors (Lipinski definition) is 0. The molecule has 4 rings (SSSR count). The van der Waals surface area contributed by atoms with Crippen LogP contribution in [-0.4, -0.2) is 40.3 Å². The van der Waals surface area contributed by atoms with Crippen molar-refractivity contribution in [2.45, 2.75) is 50.7 Å². The molecule has 1 saturated heterocycles. The lowest BCUT2D eigenvalue weighted by atomic mass is 9.83. The van der Waals surface area contributed by atoms with E-state index in [2.05, 4.69) is 22.0 Å². The molecular formula is C19H24ClN3O2. The molecule has 2 aromatic rings. The first-order chi connectivity index (χ1) is 12.2. The van der Waals surface area contributed by atoms with E-state index in [0.717, 1.165) is 38.1 Å². The molecule has 1 aromatic heterocycles. The highest BCUT2D eigenvalue weighted by atomic mass is 35.5. The zero-order valence-electron chi connectivity index (χ0n) is 14.6. The Labute approximate surface area is 153 Å². The summed E-state index contributed by atoms with van der Waals surface area (Å²) >= 11 is 5.94. The second-order valence-corrected chi connectivity index (χ2v) is 7.64. The monoisotopic (exact) mass is 361 g/mol. The second-order valence-electron chi connectivity index (χ2n) is 7.20. The molecule has 1 atom stereocenters. The van der Waals surface area contributed by atoms with Gasteiger partial charge < -0.3 is 9.26 Å². The minimum Gasteiger partial charge on any atom is -0.372 e. The highest BCUT2D eigenvalue weighted by Crippen LogP contribution is 2.36. The summed E-state index contributed by atoms with van der Waals surface area (Å²) in [7, 11) is 0. The van der Waals surface area contributed by atoms with Gasteiger partial charge in [-0.15, -0.1) is 0 Å². The number of benzene rings is 1. The minimum absolute atomic E-state index is 0.0315. The summed E-state index contributed by atoms with van der Waals surface area (Å²) in [5.74, 6) is 1.27. The van der Waals surface area contributed by atoms with Gasteiger partial charge in [0.2, 0.25) is 11.7 Å². The standard InChI is InChI=1S/C19H24ClN3O2/c1-14(23-11-12-24-19(13-23)9-3-2-4-10-19)18-21-17(22-25-18)15-5-7-16(20)8-6-15/h5-8,14H,2-4,9-13H2,1H3. The fourth-order valence-corrected chi connectivity index (χ4v) is 4.11. The number of aromatic nitrogens is 2. The lowest BCUT2D eigenvalue weighted by molar-refractivity contribution is -0.136. The van der Waals surface area contributed by atoms with Crippen LogP contribution in [0.3, 0.4) is 0 Å². The molecular weight excluding hydrogens is 338 g/mol. The van der Waals surface area contributed by atoms with Gasteiger partial charge in [0.05, 0.1) is 18.2 Å². The van der Waals surface area contributed by atoms with Crippen molar-refractivity contribution in [2.75, 3.05) is 19.7 Å². The van der Waals surface area contributed by atoms with Crippen LogP contribution in [0.25, 0.3) is 11.4 Å². The largest absolute Gasteiger partial charge is 0.372 e. The molecule has 1 saturated carbocycles. The van der Waals surface area contributed by atoms with Gasteiger partial charge in [0.1, 0.15) is 0 Å². The van der Waals surface area contributed by atoms with Gasteiger partial charge in [0, 0.05) is 23.7 Å². The van der Waals surface area contributed by atoms with E-state index in [0.29, 0.717) is 16.7 Å². The minimum atomic E-state index is 0.0315. The maximum absolute atomic E-state index is 6.19. The van der Waals surface area contributed by atoms with Gasteiger partial charge in [0.15, 0.2) is 0 Å². The Morgan fingerprint density at radius 3 is 2.68 bits per heavy atom. The Morgan fingerprint density at radius 1 is 1.16 bits per heavy atom. The first-order valence-electron chi connectivity index (χ1n) is 9.13. The van der Waals surface area contributed by atoms with Crippen LogP contribution >= 0.6 is 11.6 Å².